The summed E-state index contributed by atoms with van der Waals surface area (Å²) < 4.78 is 26.5. The Bertz CT molecular complexity index is 494. The van der Waals surface area contributed by atoms with E-state index in [0.29, 0.717) is 12.1 Å². The molecule has 6 nitrogen and oxygen atoms in total. The minimum absolute atomic E-state index is 0.0886. The smallest absolute Gasteiger partial charge is 0.260 e. The lowest BCUT2D eigenvalue weighted by molar-refractivity contribution is 0.392. The molecule has 0 radical (unpaired) electrons. The second-order valence-corrected chi connectivity index (χ2v) is 7.38. The van der Waals surface area contributed by atoms with Crippen molar-refractivity contribution in [2.45, 2.75) is 24.0 Å². The third-order valence-corrected chi connectivity index (χ3v) is 6.17. The van der Waals surface area contributed by atoms with Gasteiger partial charge in [-0.25, -0.2) is 8.42 Å². The standard InChI is InChI=1S/C10H18N4O2S2/c1-11-5-8-6-12-13-10(8)18(15,16)14(2)9-3-4-17-7-9/h6,9,11H,3-5,7H2,1-2H3,(H,12,13). The third-order valence-electron chi connectivity index (χ3n) is 3.10. The van der Waals surface area contributed by atoms with Crippen molar-refractivity contribution in [3.8, 4) is 0 Å². The van der Waals surface area contributed by atoms with Gasteiger partial charge in [0.2, 0.25) is 0 Å². The van der Waals surface area contributed by atoms with Gasteiger partial charge in [0.25, 0.3) is 10.0 Å². The number of sulfonamides is 1. The van der Waals surface area contributed by atoms with Gasteiger partial charge in [-0.1, -0.05) is 0 Å². The molecule has 1 aromatic heterocycles. The Morgan fingerprint density at radius 2 is 2.44 bits per heavy atom. The number of H-pyrrole nitrogens is 1. The van der Waals surface area contributed by atoms with Crippen LogP contribution in [0.1, 0.15) is 12.0 Å². The van der Waals surface area contributed by atoms with Crippen LogP contribution < -0.4 is 5.32 Å². The number of aromatic amines is 1. The molecular weight excluding hydrogens is 272 g/mol. The second kappa shape index (κ2) is 5.60. The number of hydrogen-bond acceptors (Lipinski definition) is 5. The molecule has 102 valence electrons. The van der Waals surface area contributed by atoms with Gasteiger partial charge in [-0.3, -0.25) is 5.10 Å². The van der Waals surface area contributed by atoms with Crippen LogP contribution >= 0.6 is 11.8 Å². The van der Waals surface area contributed by atoms with Crippen LogP contribution in [0.4, 0.5) is 0 Å². The van der Waals surface area contributed by atoms with E-state index in [4.69, 9.17) is 0 Å². The van der Waals surface area contributed by atoms with E-state index in [1.54, 1.807) is 32.1 Å². The van der Waals surface area contributed by atoms with Gasteiger partial charge >= 0.3 is 0 Å². The fraction of sp³-hybridized carbons (Fsp3) is 0.700. The highest BCUT2D eigenvalue weighted by molar-refractivity contribution is 7.99. The summed E-state index contributed by atoms with van der Waals surface area (Å²) in [5.41, 5.74) is 0.676. The summed E-state index contributed by atoms with van der Waals surface area (Å²) >= 11 is 1.79. The van der Waals surface area contributed by atoms with Gasteiger partial charge < -0.3 is 5.32 Å². The first-order valence-corrected chi connectivity index (χ1v) is 8.39. The maximum absolute atomic E-state index is 12.5. The zero-order valence-corrected chi connectivity index (χ0v) is 12.1. The molecule has 1 unspecified atom stereocenters. The van der Waals surface area contributed by atoms with E-state index in [-0.39, 0.29) is 11.1 Å². The van der Waals surface area contributed by atoms with Crippen LogP contribution in [0.3, 0.4) is 0 Å². The van der Waals surface area contributed by atoms with Crippen molar-refractivity contribution in [2.24, 2.45) is 0 Å². The number of nitrogens with one attached hydrogen (secondary N) is 2. The Morgan fingerprint density at radius 1 is 1.67 bits per heavy atom. The maximum atomic E-state index is 12.5. The lowest BCUT2D eigenvalue weighted by Crippen LogP contribution is -2.37. The van der Waals surface area contributed by atoms with Crippen LogP contribution in [0.2, 0.25) is 0 Å². The lowest BCUT2D eigenvalue weighted by atomic mass is 10.3. The molecule has 18 heavy (non-hydrogen) atoms. The van der Waals surface area contributed by atoms with Crippen molar-refractivity contribution >= 4 is 21.8 Å². The Labute approximate surface area is 112 Å². The Hall–Kier alpha value is -0.570. The molecular formula is C10H18N4O2S2. The predicted molar refractivity (Wildman–Crippen MR) is 72.0 cm³/mol. The summed E-state index contributed by atoms with van der Waals surface area (Å²) in [6, 6.07) is 0.0886. The van der Waals surface area contributed by atoms with E-state index < -0.39 is 10.0 Å². The molecule has 8 heteroatoms. The molecule has 1 atom stereocenters. The van der Waals surface area contributed by atoms with E-state index in [2.05, 4.69) is 15.5 Å². The molecule has 1 aromatic rings. The van der Waals surface area contributed by atoms with Crippen LogP contribution in [0.15, 0.2) is 11.2 Å². The van der Waals surface area contributed by atoms with Crippen molar-refractivity contribution < 1.29 is 8.42 Å². The Balaban J connectivity index is 2.26. The van der Waals surface area contributed by atoms with E-state index in [1.165, 1.54) is 4.31 Å². The van der Waals surface area contributed by atoms with Crippen LogP contribution in [0.25, 0.3) is 0 Å². The molecule has 0 aliphatic carbocycles. The van der Waals surface area contributed by atoms with Gasteiger partial charge in [0, 0.05) is 31.0 Å². The molecule has 0 aromatic carbocycles. The Morgan fingerprint density at radius 3 is 3.06 bits per heavy atom. The van der Waals surface area contributed by atoms with Gasteiger partial charge in [0.15, 0.2) is 5.03 Å². The van der Waals surface area contributed by atoms with Crippen molar-refractivity contribution in [3.05, 3.63) is 11.8 Å². The molecule has 1 aliphatic rings. The summed E-state index contributed by atoms with van der Waals surface area (Å²) in [6.07, 6.45) is 2.47. The average Bonchev–Trinajstić information content (AvgIpc) is 2.99. The maximum Gasteiger partial charge on any atom is 0.260 e. The number of hydrogen-bond donors (Lipinski definition) is 2. The number of aromatic nitrogens is 2. The summed E-state index contributed by atoms with van der Waals surface area (Å²) in [4.78, 5) is 0. The van der Waals surface area contributed by atoms with Crippen molar-refractivity contribution in [2.75, 3.05) is 25.6 Å². The van der Waals surface area contributed by atoms with Gasteiger partial charge in [-0.15, -0.1) is 0 Å². The molecule has 0 bridgehead atoms. The highest BCUT2D eigenvalue weighted by atomic mass is 32.2. The highest BCUT2D eigenvalue weighted by Crippen LogP contribution is 2.26. The van der Waals surface area contributed by atoms with E-state index >= 15 is 0 Å². The highest BCUT2D eigenvalue weighted by Gasteiger charge is 2.32. The van der Waals surface area contributed by atoms with Gasteiger partial charge in [0.1, 0.15) is 0 Å². The van der Waals surface area contributed by atoms with Gasteiger partial charge in [0.05, 0.1) is 6.20 Å². The van der Waals surface area contributed by atoms with Crippen LogP contribution in [0.5, 0.6) is 0 Å². The monoisotopic (exact) mass is 290 g/mol. The summed E-state index contributed by atoms with van der Waals surface area (Å²) in [7, 11) is -0.0428. The summed E-state index contributed by atoms with van der Waals surface area (Å²) in [5.74, 6) is 1.89. The van der Waals surface area contributed by atoms with Crippen molar-refractivity contribution in [3.63, 3.8) is 0 Å². The first-order valence-electron chi connectivity index (χ1n) is 5.80. The molecule has 0 amide bonds. The van der Waals surface area contributed by atoms with E-state index in [1.807, 2.05) is 0 Å². The molecule has 2 rings (SSSR count). The zero-order valence-electron chi connectivity index (χ0n) is 10.5. The molecule has 0 spiro atoms. The fourth-order valence-electron chi connectivity index (χ4n) is 1.99. The average molecular weight is 290 g/mol. The zero-order chi connectivity index (χ0) is 13.2. The number of rotatable bonds is 5. The SMILES string of the molecule is CNCc1cn[nH]c1S(=O)(=O)N(C)C1CCSC1. The van der Waals surface area contributed by atoms with Crippen LogP contribution in [-0.4, -0.2) is 54.6 Å². The third kappa shape index (κ3) is 2.56. The summed E-state index contributed by atoms with van der Waals surface area (Å²) in [5, 5.41) is 9.60. The normalized spacial score (nSPS) is 20.7. The molecule has 2 heterocycles. The first kappa shape index (κ1) is 13.9. The molecule has 1 fully saturated rings. The molecule has 1 aliphatic heterocycles. The first-order chi connectivity index (χ1) is 8.57. The molecule has 0 saturated carbocycles. The Kier molecular flexibility index (Phi) is 4.31. The van der Waals surface area contributed by atoms with Crippen molar-refractivity contribution in [1.82, 2.24) is 19.8 Å². The summed E-state index contributed by atoms with van der Waals surface area (Å²) in [6.45, 7) is 0.484. The van der Waals surface area contributed by atoms with Gasteiger partial charge in [-0.2, -0.15) is 21.2 Å². The number of thioether (sulfide) groups is 1. The minimum atomic E-state index is -3.47. The van der Waals surface area contributed by atoms with Crippen LogP contribution in [0, 0.1) is 0 Å². The lowest BCUT2D eigenvalue weighted by Gasteiger charge is -2.22. The molecule has 1 saturated heterocycles. The minimum Gasteiger partial charge on any atom is -0.316 e. The predicted octanol–water partition coefficient (Wildman–Crippen LogP) is 0.255. The topological polar surface area (TPSA) is 78.1 Å². The van der Waals surface area contributed by atoms with E-state index in [0.717, 1.165) is 17.9 Å². The fourth-order valence-corrected chi connectivity index (χ4v) is 4.83. The van der Waals surface area contributed by atoms with Crippen molar-refractivity contribution in [1.29, 1.82) is 0 Å². The second-order valence-electron chi connectivity index (χ2n) is 4.29. The van der Waals surface area contributed by atoms with E-state index in [9.17, 15) is 8.42 Å². The number of nitrogens with zero attached hydrogens (tertiary/aromatic N) is 2. The van der Waals surface area contributed by atoms with Crippen LogP contribution in [-0.2, 0) is 16.6 Å². The molecule has 2 N–H and O–H groups in total. The van der Waals surface area contributed by atoms with Gasteiger partial charge in [-0.05, 0) is 19.2 Å². The quantitative estimate of drug-likeness (QED) is 0.813. The largest absolute Gasteiger partial charge is 0.316 e.